The SMILES string of the molecule is C[C@@H]1O[C@H]2OC(C)(C)O[C@H]2C1=O. The number of Topliss-reactive ketones (excluding diaryl/α,β-unsaturated/α-hetero) is 1. The fourth-order valence-electron chi connectivity index (χ4n) is 1.52. The summed E-state index contributed by atoms with van der Waals surface area (Å²) in [6, 6.07) is 0. The summed E-state index contributed by atoms with van der Waals surface area (Å²) in [5.41, 5.74) is 0. The number of carbonyl (C=O) groups is 1. The molecule has 2 fully saturated rings. The highest BCUT2D eigenvalue weighted by molar-refractivity contribution is 5.89. The van der Waals surface area contributed by atoms with Crippen molar-refractivity contribution >= 4 is 5.78 Å². The van der Waals surface area contributed by atoms with Gasteiger partial charge in [-0.1, -0.05) is 0 Å². The maximum absolute atomic E-state index is 11.3. The average molecular weight is 172 g/mol. The van der Waals surface area contributed by atoms with Crippen LogP contribution in [0.2, 0.25) is 0 Å². The topological polar surface area (TPSA) is 44.8 Å². The second-order valence-corrected chi connectivity index (χ2v) is 3.61. The van der Waals surface area contributed by atoms with Gasteiger partial charge in [0.1, 0.15) is 6.10 Å². The van der Waals surface area contributed by atoms with Gasteiger partial charge < -0.3 is 14.2 Å². The predicted molar refractivity (Wildman–Crippen MR) is 39.4 cm³/mol. The van der Waals surface area contributed by atoms with Crippen molar-refractivity contribution in [3.63, 3.8) is 0 Å². The predicted octanol–water partition coefficient (Wildman–Crippen LogP) is 0.452. The van der Waals surface area contributed by atoms with E-state index < -0.39 is 24.3 Å². The minimum Gasteiger partial charge on any atom is -0.338 e. The standard InChI is InChI=1S/C8H12O4/c1-4-5(9)6-7(10-4)12-8(2,3)11-6/h4,6-7H,1-3H3/t4-,6-,7-/m0/s1. The third-order valence-electron chi connectivity index (χ3n) is 2.08. The summed E-state index contributed by atoms with van der Waals surface area (Å²) in [5.74, 6) is -0.712. The number of hydrogen-bond acceptors (Lipinski definition) is 4. The first-order valence-electron chi connectivity index (χ1n) is 4.04. The highest BCUT2D eigenvalue weighted by atomic mass is 16.8. The quantitative estimate of drug-likeness (QED) is 0.532. The first-order chi connectivity index (χ1) is 5.49. The van der Waals surface area contributed by atoms with Crippen LogP contribution in [0.5, 0.6) is 0 Å². The summed E-state index contributed by atoms with van der Waals surface area (Å²) in [7, 11) is 0. The number of rotatable bonds is 0. The zero-order chi connectivity index (χ0) is 8.93. The normalized spacial score (nSPS) is 44.9. The molecule has 0 aromatic rings. The van der Waals surface area contributed by atoms with Gasteiger partial charge >= 0.3 is 0 Å². The van der Waals surface area contributed by atoms with E-state index in [9.17, 15) is 4.79 Å². The lowest BCUT2D eigenvalue weighted by Crippen LogP contribution is -2.28. The molecule has 0 spiro atoms. The number of carbonyl (C=O) groups excluding carboxylic acids is 1. The molecule has 2 saturated heterocycles. The summed E-state index contributed by atoms with van der Waals surface area (Å²) < 4.78 is 15.9. The van der Waals surface area contributed by atoms with Crippen LogP contribution < -0.4 is 0 Å². The Morgan fingerprint density at radius 3 is 2.58 bits per heavy atom. The van der Waals surface area contributed by atoms with Crippen LogP contribution in [0, 0.1) is 0 Å². The highest BCUT2D eigenvalue weighted by Gasteiger charge is 2.52. The van der Waals surface area contributed by atoms with E-state index in [1.807, 2.05) is 0 Å². The van der Waals surface area contributed by atoms with Crippen molar-refractivity contribution < 1.29 is 19.0 Å². The Labute approximate surface area is 70.8 Å². The Hall–Kier alpha value is -0.450. The lowest BCUT2D eigenvalue weighted by molar-refractivity contribution is -0.202. The molecule has 12 heavy (non-hydrogen) atoms. The molecule has 2 heterocycles. The van der Waals surface area contributed by atoms with Crippen LogP contribution in [0.1, 0.15) is 20.8 Å². The molecule has 68 valence electrons. The molecule has 0 aromatic carbocycles. The van der Waals surface area contributed by atoms with Crippen LogP contribution in [0.3, 0.4) is 0 Å². The van der Waals surface area contributed by atoms with Crippen molar-refractivity contribution in [1.82, 2.24) is 0 Å². The zero-order valence-corrected chi connectivity index (χ0v) is 7.37. The van der Waals surface area contributed by atoms with Crippen LogP contribution in [0.15, 0.2) is 0 Å². The summed E-state index contributed by atoms with van der Waals surface area (Å²) in [6.45, 7) is 5.25. The van der Waals surface area contributed by atoms with Crippen LogP contribution in [0.4, 0.5) is 0 Å². The molecule has 3 atom stereocenters. The fraction of sp³-hybridized carbons (Fsp3) is 0.875. The van der Waals surface area contributed by atoms with E-state index in [0.29, 0.717) is 0 Å². The van der Waals surface area contributed by atoms with Gasteiger partial charge in [-0.05, 0) is 20.8 Å². The molecule has 0 N–H and O–H groups in total. The molecule has 0 radical (unpaired) electrons. The van der Waals surface area contributed by atoms with Gasteiger partial charge in [0.2, 0.25) is 0 Å². The van der Waals surface area contributed by atoms with Gasteiger partial charge in [-0.25, -0.2) is 0 Å². The van der Waals surface area contributed by atoms with Gasteiger partial charge in [-0.15, -0.1) is 0 Å². The second-order valence-electron chi connectivity index (χ2n) is 3.61. The van der Waals surface area contributed by atoms with Gasteiger partial charge in [-0.2, -0.15) is 0 Å². The van der Waals surface area contributed by atoms with Gasteiger partial charge in [0.05, 0.1) is 0 Å². The van der Waals surface area contributed by atoms with Crippen molar-refractivity contribution in [3.05, 3.63) is 0 Å². The molecule has 0 unspecified atom stereocenters. The molecule has 4 nitrogen and oxygen atoms in total. The largest absolute Gasteiger partial charge is 0.338 e. The van der Waals surface area contributed by atoms with Gasteiger partial charge in [-0.3, -0.25) is 4.79 Å². The average Bonchev–Trinajstić information content (AvgIpc) is 2.33. The molecule has 0 bridgehead atoms. The lowest BCUT2D eigenvalue weighted by atomic mass is 10.2. The monoisotopic (exact) mass is 172 g/mol. The number of ether oxygens (including phenoxy) is 3. The number of fused-ring (bicyclic) bond motifs is 1. The molecule has 0 saturated carbocycles. The smallest absolute Gasteiger partial charge is 0.195 e. The summed E-state index contributed by atoms with van der Waals surface area (Å²) in [5, 5.41) is 0. The maximum Gasteiger partial charge on any atom is 0.195 e. The molecular weight excluding hydrogens is 160 g/mol. The molecule has 0 aliphatic carbocycles. The fourth-order valence-corrected chi connectivity index (χ4v) is 1.52. The van der Waals surface area contributed by atoms with E-state index in [4.69, 9.17) is 14.2 Å². The third kappa shape index (κ3) is 1.07. The van der Waals surface area contributed by atoms with E-state index in [1.165, 1.54) is 0 Å². The molecular formula is C8H12O4. The van der Waals surface area contributed by atoms with Crippen molar-refractivity contribution in [1.29, 1.82) is 0 Å². The van der Waals surface area contributed by atoms with E-state index in [1.54, 1.807) is 20.8 Å². The minimum absolute atomic E-state index is 0.0226. The lowest BCUT2D eigenvalue weighted by Gasteiger charge is -2.18. The maximum atomic E-state index is 11.3. The zero-order valence-electron chi connectivity index (χ0n) is 7.37. The number of ketones is 1. The molecule has 4 heteroatoms. The Morgan fingerprint density at radius 1 is 1.33 bits per heavy atom. The Kier molecular flexibility index (Phi) is 1.55. The van der Waals surface area contributed by atoms with E-state index in [2.05, 4.69) is 0 Å². The highest BCUT2D eigenvalue weighted by Crippen LogP contribution is 2.34. The summed E-state index contributed by atoms with van der Waals surface area (Å²) in [4.78, 5) is 11.3. The first kappa shape index (κ1) is 8.16. The molecule has 2 aliphatic heterocycles. The number of hydrogen-bond donors (Lipinski definition) is 0. The Bertz CT molecular complexity index is 223. The van der Waals surface area contributed by atoms with Crippen molar-refractivity contribution in [3.8, 4) is 0 Å². The van der Waals surface area contributed by atoms with Crippen LogP contribution >= 0.6 is 0 Å². The minimum atomic E-state index is -0.689. The van der Waals surface area contributed by atoms with Crippen molar-refractivity contribution in [2.45, 2.75) is 45.1 Å². The first-order valence-corrected chi connectivity index (χ1v) is 4.04. The summed E-state index contributed by atoms with van der Waals surface area (Å²) in [6.07, 6.45) is -1.41. The Morgan fingerprint density at radius 2 is 2.00 bits per heavy atom. The van der Waals surface area contributed by atoms with E-state index in [0.717, 1.165) is 0 Å². The molecule has 2 aliphatic rings. The Balaban J connectivity index is 2.16. The van der Waals surface area contributed by atoms with Gasteiger partial charge in [0.15, 0.2) is 24.0 Å². The molecule has 2 rings (SSSR count). The van der Waals surface area contributed by atoms with E-state index >= 15 is 0 Å². The van der Waals surface area contributed by atoms with E-state index in [-0.39, 0.29) is 5.78 Å². The molecule has 0 aromatic heterocycles. The third-order valence-corrected chi connectivity index (χ3v) is 2.08. The second kappa shape index (κ2) is 2.28. The van der Waals surface area contributed by atoms with Crippen LogP contribution in [-0.2, 0) is 19.0 Å². The van der Waals surface area contributed by atoms with Gasteiger partial charge in [0.25, 0.3) is 0 Å². The van der Waals surface area contributed by atoms with Gasteiger partial charge in [0, 0.05) is 0 Å². The molecule has 0 amide bonds. The summed E-state index contributed by atoms with van der Waals surface area (Å²) >= 11 is 0. The van der Waals surface area contributed by atoms with Crippen molar-refractivity contribution in [2.75, 3.05) is 0 Å². The van der Waals surface area contributed by atoms with Crippen molar-refractivity contribution in [2.24, 2.45) is 0 Å². The van der Waals surface area contributed by atoms with Crippen LogP contribution in [-0.4, -0.2) is 30.1 Å². The van der Waals surface area contributed by atoms with Crippen LogP contribution in [0.25, 0.3) is 0 Å².